The number of aromatic nitrogens is 1. The molecule has 1 saturated heterocycles. The number of nitrogens with one attached hydrogen (secondary N) is 1. The predicted molar refractivity (Wildman–Crippen MR) is 105 cm³/mol. The third-order valence-corrected chi connectivity index (χ3v) is 5.26. The molecule has 0 spiro atoms. The quantitative estimate of drug-likeness (QED) is 0.749. The van der Waals surface area contributed by atoms with Crippen LogP contribution in [0.25, 0.3) is 0 Å². The summed E-state index contributed by atoms with van der Waals surface area (Å²) in [6, 6.07) is 5.29. The molecule has 0 radical (unpaired) electrons. The third-order valence-electron chi connectivity index (χ3n) is 5.26. The van der Waals surface area contributed by atoms with Crippen molar-refractivity contribution in [1.29, 1.82) is 0 Å². The molecule has 1 aromatic heterocycles. The van der Waals surface area contributed by atoms with E-state index < -0.39 is 35.5 Å². The van der Waals surface area contributed by atoms with Crippen molar-refractivity contribution in [2.75, 3.05) is 11.9 Å². The Morgan fingerprint density at radius 3 is 2.67 bits per heavy atom. The van der Waals surface area contributed by atoms with Crippen molar-refractivity contribution in [3.8, 4) is 5.75 Å². The minimum atomic E-state index is -1.10. The molecular weight excluding hydrogens is 396 g/mol. The van der Waals surface area contributed by atoms with Gasteiger partial charge in [0.05, 0.1) is 12.7 Å². The van der Waals surface area contributed by atoms with Gasteiger partial charge in [0.15, 0.2) is 11.6 Å². The lowest BCUT2D eigenvalue weighted by Gasteiger charge is -2.24. The summed E-state index contributed by atoms with van der Waals surface area (Å²) in [4.78, 5) is 28.2. The van der Waals surface area contributed by atoms with E-state index in [9.17, 15) is 18.4 Å². The van der Waals surface area contributed by atoms with Crippen LogP contribution in [0.15, 0.2) is 30.5 Å². The molecule has 1 aliphatic heterocycles. The van der Waals surface area contributed by atoms with Gasteiger partial charge in [0.2, 0.25) is 5.82 Å². The number of nitrogens with two attached hydrogens (primary N) is 1. The number of benzene rings is 1. The number of carbonyl (C=O) groups excluding carboxylic acids is 2. The lowest BCUT2D eigenvalue weighted by Crippen LogP contribution is -2.33. The van der Waals surface area contributed by atoms with Gasteiger partial charge in [-0.05, 0) is 38.0 Å². The van der Waals surface area contributed by atoms with E-state index in [0.29, 0.717) is 11.3 Å². The molecule has 3 rings (SSSR count). The number of halogens is 2. The number of nitrogens with zero attached hydrogens (tertiary/aromatic N) is 1. The fraction of sp³-hybridized carbons (Fsp3) is 0.381. The summed E-state index contributed by atoms with van der Waals surface area (Å²) in [6.07, 6.45) is 0.0486. The highest BCUT2D eigenvalue weighted by atomic mass is 19.2. The maximum Gasteiger partial charge on any atom is 0.267 e. The lowest BCUT2D eigenvalue weighted by molar-refractivity contribution is -0.127. The molecular formula is C21H23F2N3O4. The SMILES string of the molecule is CCOc1c(C2C(C(=O)Nc3ccnc(C(N)=O)c3)OC(C)[C@H]2C)ccc(F)c1F. The summed E-state index contributed by atoms with van der Waals surface area (Å²) in [5.41, 5.74) is 5.90. The van der Waals surface area contributed by atoms with E-state index in [4.69, 9.17) is 15.2 Å². The number of rotatable bonds is 6. The van der Waals surface area contributed by atoms with Crippen LogP contribution in [0.4, 0.5) is 14.5 Å². The van der Waals surface area contributed by atoms with Gasteiger partial charge in [-0.3, -0.25) is 14.6 Å². The van der Waals surface area contributed by atoms with Crippen LogP contribution in [0.5, 0.6) is 5.75 Å². The minimum Gasteiger partial charge on any atom is -0.490 e. The second-order valence-corrected chi connectivity index (χ2v) is 7.14. The van der Waals surface area contributed by atoms with E-state index in [1.165, 1.54) is 24.4 Å². The van der Waals surface area contributed by atoms with Crippen LogP contribution in [0.1, 0.15) is 42.7 Å². The molecule has 4 atom stereocenters. The van der Waals surface area contributed by atoms with Crippen LogP contribution in [-0.4, -0.2) is 35.6 Å². The second-order valence-electron chi connectivity index (χ2n) is 7.14. The number of primary amides is 1. The van der Waals surface area contributed by atoms with Crippen molar-refractivity contribution in [2.45, 2.75) is 38.9 Å². The molecule has 1 fully saturated rings. The van der Waals surface area contributed by atoms with Crippen LogP contribution in [0.2, 0.25) is 0 Å². The van der Waals surface area contributed by atoms with Crippen LogP contribution < -0.4 is 15.8 Å². The number of ether oxygens (including phenoxy) is 2. The zero-order valence-corrected chi connectivity index (χ0v) is 16.8. The van der Waals surface area contributed by atoms with Crippen molar-refractivity contribution in [1.82, 2.24) is 4.98 Å². The Hall–Kier alpha value is -3.07. The van der Waals surface area contributed by atoms with E-state index >= 15 is 0 Å². The van der Waals surface area contributed by atoms with Gasteiger partial charge in [-0.15, -0.1) is 0 Å². The Balaban J connectivity index is 1.95. The van der Waals surface area contributed by atoms with Crippen molar-refractivity contribution >= 4 is 17.5 Å². The highest BCUT2D eigenvalue weighted by Crippen LogP contribution is 2.45. The maximum absolute atomic E-state index is 14.4. The van der Waals surface area contributed by atoms with E-state index in [0.717, 1.165) is 6.07 Å². The molecule has 0 bridgehead atoms. The minimum absolute atomic E-state index is 0.00216. The first-order valence-corrected chi connectivity index (χ1v) is 9.57. The van der Waals surface area contributed by atoms with Gasteiger partial charge in [-0.1, -0.05) is 13.0 Å². The first kappa shape index (κ1) is 21.6. The Morgan fingerprint density at radius 1 is 1.27 bits per heavy atom. The zero-order valence-electron chi connectivity index (χ0n) is 16.8. The fourth-order valence-electron chi connectivity index (χ4n) is 3.64. The second kappa shape index (κ2) is 8.74. The molecule has 30 heavy (non-hydrogen) atoms. The number of hydrogen-bond acceptors (Lipinski definition) is 5. The Labute approximate surface area is 172 Å². The third kappa shape index (κ3) is 4.11. The highest BCUT2D eigenvalue weighted by molar-refractivity contribution is 5.97. The van der Waals surface area contributed by atoms with E-state index in [1.807, 2.05) is 13.8 Å². The molecule has 2 amide bonds. The molecule has 7 nitrogen and oxygen atoms in total. The maximum atomic E-state index is 14.4. The van der Waals surface area contributed by atoms with Crippen LogP contribution in [0, 0.1) is 17.6 Å². The molecule has 2 aromatic rings. The number of amides is 2. The van der Waals surface area contributed by atoms with Crippen LogP contribution in [0.3, 0.4) is 0 Å². The number of hydrogen-bond donors (Lipinski definition) is 2. The molecule has 1 aromatic carbocycles. The Bertz CT molecular complexity index is 969. The summed E-state index contributed by atoms with van der Waals surface area (Å²) in [6.45, 7) is 5.48. The number of carbonyl (C=O) groups is 2. The van der Waals surface area contributed by atoms with Gasteiger partial charge in [0.25, 0.3) is 11.8 Å². The predicted octanol–water partition coefficient (Wildman–Crippen LogP) is 3.00. The van der Waals surface area contributed by atoms with Crippen molar-refractivity contribution in [3.63, 3.8) is 0 Å². The molecule has 0 saturated carbocycles. The zero-order chi connectivity index (χ0) is 22.0. The first-order valence-electron chi connectivity index (χ1n) is 9.57. The molecule has 0 aliphatic carbocycles. The molecule has 160 valence electrons. The summed E-state index contributed by atoms with van der Waals surface area (Å²) >= 11 is 0. The fourth-order valence-corrected chi connectivity index (χ4v) is 3.64. The van der Waals surface area contributed by atoms with Crippen LogP contribution >= 0.6 is 0 Å². The molecule has 3 unspecified atom stereocenters. The van der Waals surface area contributed by atoms with Gasteiger partial charge >= 0.3 is 0 Å². The summed E-state index contributed by atoms with van der Waals surface area (Å²) in [5, 5.41) is 2.68. The lowest BCUT2D eigenvalue weighted by atomic mass is 9.82. The molecule has 9 heteroatoms. The summed E-state index contributed by atoms with van der Waals surface area (Å²) in [5.74, 6) is -4.32. The summed E-state index contributed by atoms with van der Waals surface area (Å²) in [7, 11) is 0. The van der Waals surface area contributed by atoms with Crippen molar-refractivity contribution < 1.29 is 27.8 Å². The van der Waals surface area contributed by atoms with Crippen molar-refractivity contribution in [3.05, 3.63) is 53.4 Å². The van der Waals surface area contributed by atoms with E-state index in [-0.39, 0.29) is 30.1 Å². The van der Waals surface area contributed by atoms with Gasteiger partial charge in [0.1, 0.15) is 11.8 Å². The van der Waals surface area contributed by atoms with Gasteiger partial charge < -0.3 is 20.5 Å². The molecule has 3 N–H and O–H groups in total. The van der Waals surface area contributed by atoms with Crippen molar-refractivity contribution in [2.24, 2.45) is 11.7 Å². The summed E-state index contributed by atoms with van der Waals surface area (Å²) < 4.78 is 39.4. The monoisotopic (exact) mass is 419 g/mol. The van der Waals surface area contributed by atoms with Gasteiger partial charge in [0, 0.05) is 23.4 Å². The largest absolute Gasteiger partial charge is 0.490 e. The smallest absolute Gasteiger partial charge is 0.267 e. The molecule has 2 heterocycles. The van der Waals surface area contributed by atoms with Gasteiger partial charge in [-0.25, -0.2) is 4.39 Å². The normalized spacial score (nSPS) is 23.2. The van der Waals surface area contributed by atoms with E-state index in [2.05, 4.69) is 10.3 Å². The van der Waals surface area contributed by atoms with E-state index in [1.54, 1.807) is 6.92 Å². The Morgan fingerprint density at radius 2 is 2.00 bits per heavy atom. The first-order chi connectivity index (χ1) is 14.2. The molecule has 1 aliphatic rings. The van der Waals surface area contributed by atoms with Crippen LogP contribution in [-0.2, 0) is 9.53 Å². The highest BCUT2D eigenvalue weighted by Gasteiger charge is 2.46. The number of anilines is 1. The van der Waals surface area contributed by atoms with Gasteiger partial charge in [-0.2, -0.15) is 4.39 Å². The average molecular weight is 419 g/mol. The standard InChI is InChI=1S/C21H23F2N3O4/c1-4-29-18-13(5-6-14(22)17(18)23)16-10(2)11(3)30-19(16)21(28)26-12-7-8-25-15(9-12)20(24)27/h5-11,16,19H,4H2,1-3H3,(H2,24,27)(H,25,26,28)/t10-,11?,16?,19?/m1/s1. The topological polar surface area (TPSA) is 104 Å². The average Bonchev–Trinajstić information content (AvgIpc) is 3.01. The number of pyridine rings is 1. The Kier molecular flexibility index (Phi) is 6.31.